The van der Waals surface area contributed by atoms with Crippen molar-refractivity contribution in [2.24, 2.45) is 10.9 Å². The first-order valence-corrected chi connectivity index (χ1v) is 6.10. The maximum Gasteiger partial charge on any atom is 0.0850 e. The summed E-state index contributed by atoms with van der Waals surface area (Å²) >= 11 is 0. The zero-order chi connectivity index (χ0) is 9.80. The van der Waals surface area contributed by atoms with Crippen LogP contribution < -0.4 is 0 Å². The molecule has 1 heterocycles. The molecule has 0 aromatic heterocycles. The highest BCUT2D eigenvalue weighted by Crippen LogP contribution is 2.26. The fourth-order valence-corrected chi connectivity index (χ4v) is 2.74. The van der Waals surface area contributed by atoms with Crippen LogP contribution in [-0.2, 0) is 0 Å². The van der Waals surface area contributed by atoms with E-state index < -0.39 is 0 Å². The molecule has 1 aliphatic carbocycles. The van der Waals surface area contributed by atoms with E-state index in [1.807, 2.05) is 6.34 Å². The summed E-state index contributed by atoms with van der Waals surface area (Å²) in [6, 6.07) is 0.643. The third-order valence-electron chi connectivity index (χ3n) is 3.60. The second-order valence-electron chi connectivity index (χ2n) is 4.88. The van der Waals surface area contributed by atoms with Gasteiger partial charge in [0.15, 0.2) is 0 Å². The third kappa shape index (κ3) is 2.49. The Morgan fingerprint density at radius 1 is 1.07 bits per heavy atom. The van der Waals surface area contributed by atoms with Crippen LogP contribution in [-0.4, -0.2) is 30.9 Å². The summed E-state index contributed by atoms with van der Waals surface area (Å²) in [6.45, 7) is 1.23. The molecule has 0 spiro atoms. The van der Waals surface area contributed by atoms with E-state index in [2.05, 4.69) is 16.9 Å². The Balaban J connectivity index is 1.98. The third-order valence-corrected chi connectivity index (χ3v) is 3.60. The van der Waals surface area contributed by atoms with E-state index in [0.717, 1.165) is 5.92 Å². The summed E-state index contributed by atoms with van der Waals surface area (Å²) in [4.78, 5) is 6.93. The minimum absolute atomic E-state index is 0.643. The van der Waals surface area contributed by atoms with Gasteiger partial charge in [0.25, 0.3) is 0 Å². The predicted octanol–water partition coefficient (Wildman–Crippen LogP) is 2.69. The van der Waals surface area contributed by atoms with Gasteiger partial charge in [0.05, 0.1) is 12.4 Å². The monoisotopic (exact) mass is 194 g/mol. The SMILES string of the molecule is CN1C=NC2CCCCCCCC2C1. The quantitative estimate of drug-likeness (QED) is 0.579. The van der Waals surface area contributed by atoms with Gasteiger partial charge in [0.2, 0.25) is 0 Å². The molecule has 0 saturated heterocycles. The molecule has 0 N–H and O–H groups in total. The van der Waals surface area contributed by atoms with Crippen molar-refractivity contribution in [2.75, 3.05) is 13.6 Å². The average Bonchev–Trinajstić information content (AvgIpc) is 2.29. The van der Waals surface area contributed by atoms with E-state index in [1.165, 1.54) is 51.5 Å². The molecule has 0 amide bonds. The highest BCUT2D eigenvalue weighted by molar-refractivity contribution is 5.55. The zero-order valence-electron chi connectivity index (χ0n) is 9.28. The first-order chi connectivity index (χ1) is 6.86. The Kier molecular flexibility index (Phi) is 3.44. The van der Waals surface area contributed by atoms with Crippen LogP contribution in [0.2, 0.25) is 0 Å². The molecular weight excluding hydrogens is 172 g/mol. The van der Waals surface area contributed by atoms with Gasteiger partial charge < -0.3 is 4.90 Å². The van der Waals surface area contributed by atoms with Crippen LogP contribution in [0.1, 0.15) is 44.9 Å². The van der Waals surface area contributed by atoms with Gasteiger partial charge in [-0.3, -0.25) is 4.99 Å². The van der Waals surface area contributed by atoms with E-state index in [4.69, 9.17) is 0 Å². The van der Waals surface area contributed by atoms with Crippen molar-refractivity contribution in [3.63, 3.8) is 0 Å². The molecule has 2 nitrogen and oxygen atoms in total. The molecular formula is C12H22N2. The maximum absolute atomic E-state index is 4.68. The minimum Gasteiger partial charge on any atom is -0.366 e. The van der Waals surface area contributed by atoms with Crippen LogP contribution in [0.25, 0.3) is 0 Å². The van der Waals surface area contributed by atoms with Crippen molar-refractivity contribution in [1.29, 1.82) is 0 Å². The van der Waals surface area contributed by atoms with Crippen LogP contribution in [0, 0.1) is 5.92 Å². The molecule has 0 aromatic rings. The molecule has 0 aromatic carbocycles. The number of nitrogens with zero attached hydrogens (tertiary/aromatic N) is 2. The van der Waals surface area contributed by atoms with Crippen molar-refractivity contribution in [3.05, 3.63) is 0 Å². The molecule has 1 aliphatic heterocycles. The molecule has 2 rings (SSSR count). The van der Waals surface area contributed by atoms with Crippen molar-refractivity contribution >= 4 is 6.34 Å². The number of aliphatic imine (C=N–C) groups is 1. The highest BCUT2D eigenvalue weighted by Gasteiger charge is 2.24. The van der Waals surface area contributed by atoms with Crippen LogP contribution in [0.5, 0.6) is 0 Å². The van der Waals surface area contributed by atoms with Gasteiger partial charge in [-0.05, 0) is 18.8 Å². The fourth-order valence-electron chi connectivity index (χ4n) is 2.74. The molecule has 0 bridgehead atoms. The lowest BCUT2D eigenvalue weighted by atomic mass is 9.91. The number of rotatable bonds is 0. The van der Waals surface area contributed by atoms with Gasteiger partial charge in [-0.15, -0.1) is 0 Å². The average molecular weight is 194 g/mol. The van der Waals surface area contributed by atoms with Crippen LogP contribution in [0.4, 0.5) is 0 Å². The van der Waals surface area contributed by atoms with Gasteiger partial charge in [-0.25, -0.2) is 0 Å². The van der Waals surface area contributed by atoms with Crippen LogP contribution >= 0.6 is 0 Å². The van der Waals surface area contributed by atoms with Gasteiger partial charge in [-0.2, -0.15) is 0 Å². The minimum atomic E-state index is 0.643. The van der Waals surface area contributed by atoms with Gasteiger partial charge >= 0.3 is 0 Å². The molecule has 80 valence electrons. The van der Waals surface area contributed by atoms with Gasteiger partial charge in [-0.1, -0.05) is 32.1 Å². The summed E-state index contributed by atoms with van der Waals surface area (Å²) in [7, 11) is 2.15. The smallest absolute Gasteiger partial charge is 0.0850 e. The molecule has 1 saturated carbocycles. The van der Waals surface area contributed by atoms with Crippen LogP contribution in [0.3, 0.4) is 0 Å². The molecule has 2 unspecified atom stereocenters. The van der Waals surface area contributed by atoms with Gasteiger partial charge in [0.1, 0.15) is 0 Å². The molecule has 2 heteroatoms. The molecule has 1 fully saturated rings. The van der Waals surface area contributed by atoms with E-state index in [9.17, 15) is 0 Å². The second kappa shape index (κ2) is 4.81. The van der Waals surface area contributed by atoms with Crippen molar-refractivity contribution in [3.8, 4) is 0 Å². The largest absolute Gasteiger partial charge is 0.366 e. The van der Waals surface area contributed by atoms with Crippen molar-refractivity contribution < 1.29 is 0 Å². The van der Waals surface area contributed by atoms with Crippen LogP contribution in [0.15, 0.2) is 4.99 Å². The molecule has 0 radical (unpaired) electrons. The zero-order valence-corrected chi connectivity index (χ0v) is 9.28. The Bertz CT molecular complexity index is 200. The normalized spacial score (nSPS) is 34.2. The Morgan fingerprint density at radius 2 is 1.79 bits per heavy atom. The predicted molar refractivity (Wildman–Crippen MR) is 60.7 cm³/mol. The van der Waals surface area contributed by atoms with Gasteiger partial charge in [0, 0.05) is 13.6 Å². The number of hydrogen-bond acceptors (Lipinski definition) is 2. The fraction of sp³-hybridized carbons (Fsp3) is 0.917. The lowest BCUT2D eigenvalue weighted by Gasteiger charge is -2.31. The van der Waals surface area contributed by atoms with E-state index >= 15 is 0 Å². The standard InChI is InChI=1S/C12H22N2/c1-14-9-11-7-5-3-2-4-6-8-12(11)13-10-14/h10-12H,2-9H2,1H3. The van der Waals surface area contributed by atoms with Crippen molar-refractivity contribution in [2.45, 2.75) is 51.0 Å². The Morgan fingerprint density at radius 3 is 2.64 bits per heavy atom. The summed E-state index contributed by atoms with van der Waals surface area (Å²) in [5.74, 6) is 0.836. The first-order valence-electron chi connectivity index (χ1n) is 6.10. The number of fused-ring (bicyclic) bond motifs is 1. The summed E-state index contributed by atoms with van der Waals surface area (Å²) in [5, 5.41) is 0. The molecule has 2 atom stereocenters. The van der Waals surface area contributed by atoms with E-state index in [1.54, 1.807) is 0 Å². The number of hydrogen-bond donors (Lipinski definition) is 0. The summed E-state index contributed by atoms with van der Waals surface area (Å²) in [5.41, 5.74) is 0. The second-order valence-corrected chi connectivity index (χ2v) is 4.88. The van der Waals surface area contributed by atoms with E-state index in [-0.39, 0.29) is 0 Å². The Labute approximate surface area is 87.4 Å². The molecule has 2 aliphatic rings. The molecule has 14 heavy (non-hydrogen) atoms. The lowest BCUT2D eigenvalue weighted by Crippen LogP contribution is -2.36. The summed E-state index contributed by atoms with van der Waals surface area (Å²) < 4.78 is 0. The van der Waals surface area contributed by atoms with E-state index in [0.29, 0.717) is 6.04 Å². The highest BCUT2D eigenvalue weighted by atomic mass is 15.2. The summed E-state index contributed by atoms with van der Waals surface area (Å²) in [6.07, 6.45) is 11.9. The first kappa shape index (κ1) is 10.0. The Hall–Kier alpha value is -0.530. The lowest BCUT2D eigenvalue weighted by molar-refractivity contribution is 0.283. The van der Waals surface area contributed by atoms with Crippen molar-refractivity contribution in [1.82, 2.24) is 4.90 Å². The topological polar surface area (TPSA) is 15.6 Å². The maximum atomic E-state index is 4.68.